The number of amides is 2. The molecule has 1 N–H and O–H groups in total. The number of carbonyl (C=O) groups is 3. The lowest BCUT2D eigenvalue weighted by atomic mass is 9.78. The topological polar surface area (TPSA) is 96.4 Å². The highest BCUT2D eigenvalue weighted by Crippen LogP contribution is 2.53. The Hall–Kier alpha value is -2.19. The minimum Gasteiger partial charge on any atom is -0.461 e. The second-order valence-electron chi connectivity index (χ2n) is 9.20. The Labute approximate surface area is 170 Å². The van der Waals surface area contributed by atoms with Gasteiger partial charge in [0.1, 0.15) is 24.2 Å². The summed E-state index contributed by atoms with van der Waals surface area (Å²) in [6, 6.07) is -1.54. The van der Waals surface area contributed by atoms with Crippen LogP contribution in [0, 0.1) is 11.8 Å². The molecule has 4 rings (SSSR count). The monoisotopic (exact) mass is 404 g/mol. The van der Waals surface area contributed by atoms with E-state index in [-0.39, 0.29) is 25.0 Å². The lowest BCUT2D eigenvalue weighted by Gasteiger charge is -2.41. The van der Waals surface area contributed by atoms with Gasteiger partial charge in [-0.25, -0.2) is 0 Å². The van der Waals surface area contributed by atoms with E-state index in [2.05, 4.69) is 0 Å². The van der Waals surface area contributed by atoms with Gasteiger partial charge in [-0.05, 0) is 33.8 Å². The number of rotatable bonds is 2. The normalized spacial score (nSPS) is 37.6. The summed E-state index contributed by atoms with van der Waals surface area (Å²) in [5.74, 6) is -2.79. The summed E-state index contributed by atoms with van der Waals surface area (Å²) in [7, 11) is 0. The molecule has 6 atom stereocenters. The molecule has 0 aromatic rings. The van der Waals surface area contributed by atoms with Gasteiger partial charge in [0.2, 0.25) is 11.8 Å². The van der Waals surface area contributed by atoms with Crippen molar-refractivity contribution in [1.82, 2.24) is 9.80 Å². The highest BCUT2D eigenvalue weighted by atomic mass is 16.6. The van der Waals surface area contributed by atoms with Crippen molar-refractivity contribution in [2.24, 2.45) is 11.8 Å². The van der Waals surface area contributed by atoms with Crippen molar-refractivity contribution in [3.8, 4) is 0 Å². The number of carbonyl (C=O) groups excluding carboxylic acids is 3. The van der Waals surface area contributed by atoms with Gasteiger partial charge in [0.05, 0.1) is 24.7 Å². The summed E-state index contributed by atoms with van der Waals surface area (Å²) in [4.78, 5) is 43.1. The molecule has 8 heteroatoms. The molecule has 158 valence electrons. The Morgan fingerprint density at radius 2 is 1.97 bits per heavy atom. The van der Waals surface area contributed by atoms with Crippen LogP contribution in [0.1, 0.15) is 27.7 Å². The number of nitrogens with zero attached hydrogens (tertiary/aromatic N) is 2. The van der Waals surface area contributed by atoms with Crippen LogP contribution in [0.4, 0.5) is 0 Å². The van der Waals surface area contributed by atoms with Crippen molar-refractivity contribution in [2.45, 2.75) is 57.0 Å². The molecule has 4 aliphatic rings. The molecule has 0 aromatic heterocycles. The molecule has 0 radical (unpaired) electrons. The second-order valence-corrected chi connectivity index (χ2v) is 9.20. The van der Waals surface area contributed by atoms with Crippen LogP contribution >= 0.6 is 0 Å². The van der Waals surface area contributed by atoms with Crippen LogP contribution in [0.2, 0.25) is 0 Å². The maximum absolute atomic E-state index is 13.7. The van der Waals surface area contributed by atoms with Gasteiger partial charge >= 0.3 is 5.97 Å². The molecule has 0 bridgehead atoms. The Bertz CT molecular complexity index is 799. The second kappa shape index (κ2) is 6.67. The van der Waals surface area contributed by atoms with Crippen LogP contribution in [0.5, 0.6) is 0 Å². The number of esters is 1. The standard InChI is InChI=1S/C21H28N2O6/c1-12(11-24)23-16-18(26)22(20(2,3)4)9-6-8-21(16)15(17(23)25)14-13(29-21)7-5-10-28-19(14)27/h5-8,12-16,24H,9-11H2,1-4H3/t12-,13+,14-,15+,16?,21+/m1/s1. The van der Waals surface area contributed by atoms with Crippen LogP contribution in [0.3, 0.4) is 0 Å². The third-order valence-corrected chi connectivity index (χ3v) is 6.40. The van der Waals surface area contributed by atoms with E-state index in [1.54, 1.807) is 30.1 Å². The summed E-state index contributed by atoms with van der Waals surface area (Å²) in [5, 5.41) is 9.80. The van der Waals surface area contributed by atoms with E-state index in [9.17, 15) is 19.5 Å². The summed E-state index contributed by atoms with van der Waals surface area (Å²) in [5.41, 5.74) is -1.74. The average Bonchev–Trinajstić information content (AvgIpc) is 2.95. The van der Waals surface area contributed by atoms with Gasteiger partial charge in [-0.15, -0.1) is 0 Å². The van der Waals surface area contributed by atoms with E-state index < -0.39 is 47.1 Å². The first kappa shape index (κ1) is 20.1. The van der Waals surface area contributed by atoms with Crippen LogP contribution in [-0.4, -0.2) is 81.8 Å². The molecule has 1 spiro atoms. The minimum atomic E-state index is -1.27. The van der Waals surface area contributed by atoms with Gasteiger partial charge in [-0.2, -0.15) is 0 Å². The zero-order valence-electron chi connectivity index (χ0n) is 17.2. The maximum atomic E-state index is 13.7. The highest BCUT2D eigenvalue weighted by Gasteiger charge is 2.72. The maximum Gasteiger partial charge on any atom is 0.313 e. The largest absolute Gasteiger partial charge is 0.461 e. The molecule has 0 aliphatic carbocycles. The SMILES string of the molecule is C[C@H](CO)N1C(=O)[C@@H]2[C@@H]3C(=O)OCC=C[C@@H]3O[C@@]23C=CCN(C(C)(C)C)C(=O)C13. The summed E-state index contributed by atoms with van der Waals surface area (Å²) >= 11 is 0. The van der Waals surface area contributed by atoms with Gasteiger partial charge in [0, 0.05) is 12.1 Å². The molecule has 4 aliphatic heterocycles. The number of fused-ring (bicyclic) bond motifs is 2. The van der Waals surface area contributed by atoms with Crippen LogP contribution in [0.25, 0.3) is 0 Å². The van der Waals surface area contributed by atoms with E-state index in [1.165, 1.54) is 4.90 Å². The van der Waals surface area contributed by atoms with Gasteiger partial charge in [-0.3, -0.25) is 14.4 Å². The van der Waals surface area contributed by atoms with Crippen LogP contribution in [-0.2, 0) is 23.9 Å². The molecular weight excluding hydrogens is 376 g/mol. The molecule has 2 amide bonds. The fraction of sp³-hybridized carbons (Fsp3) is 0.667. The number of hydrogen-bond donors (Lipinski definition) is 1. The van der Waals surface area contributed by atoms with Crippen LogP contribution in [0.15, 0.2) is 24.3 Å². The molecule has 2 fully saturated rings. The van der Waals surface area contributed by atoms with Crippen molar-refractivity contribution in [3.63, 3.8) is 0 Å². The predicted molar refractivity (Wildman–Crippen MR) is 102 cm³/mol. The third-order valence-electron chi connectivity index (χ3n) is 6.40. The summed E-state index contributed by atoms with van der Waals surface area (Å²) in [6.45, 7) is 7.71. The smallest absolute Gasteiger partial charge is 0.313 e. The summed E-state index contributed by atoms with van der Waals surface area (Å²) < 4.78 is 11.6. The highest BCUT2D eigenvalue weighted by molar-refractivity contribution is 5.99. The van der Waals surface area contributed by atoms with Crippen molar-refractivity contribution in [2.75, 3.05) is 19.8 Å². The Kier molecular flexibility index (Phi) is 4.62. The number of hydrogen-bond acceptors (Lipinski definition) is 6. The molecule has 1 unspecified atom stereocenters. The quantitative estimate of drug-likeness (QED) is 0.524. The first-order valence-electron chi connectivity index (χ1n) is 10.1. The lowest BCUT2D eigenvalue weighted by Crippen LogP contribution is -2.60. The minimum absolute atomic E-state index is 0.135. The molecule has 29 heavy (non-hydrogen) atoms. The van der Waals surface area contributed by atoms with Crippen molar-refractivity contribution in [1.29, 1.82) is 0 Å². The number of ether oxygens (including phenoxy) is 2. The Balaban J connectivity index is 1.88. The van der Waals surface area contributed by atoms with Crippen LogP contribution < -0.4 is 0 Å². The number of likely N-dealkylation sites (tertiary alicyclic amines) is 1. The van der Waals surface area contributed by atoms with Crippen molar-refractivity contribution >= 4 is 17.8 Å². The van der Waals surface area contributed by atoms with E-state index in [0.717, 1.165) is 0 Å². The molecular formula is C21H28N2O6. The predicted octanol–water partition coefficient (Wildman–Crippen LogP) is 0.258. The van der Waals surface area contributed by atoms with E-state index in [4.69, 9.17) is 9.47 Å². The number of aliphatic hydroxyl groups excluding tert-OH is 1. The molecule has 2 saturated heterocycles. The third kappa shape index (κ3) is 2.76. The van der Waals surface area contributed by atoms with E-state index in [0.29, 0.717) is 6.54 Å². The molecule has 8 nitrogen and oxygen atoms in total. The number of aliphatic hydroxyl groups is 1. The average molecular weight is 404 g/mol. The fourth-order valence-corrected chi connectivity index (χ4v) is 5.07. The molecule has 0 saturated carbocycles. The summed E-state index contributed by atoms with van der Waals surface area (Å²) in [6.07, 6.45) is 6.45. The lowest BCUT2D eigenvalue weighted by molar-refractivity contribution is -0.155. The Morgan fingerprint density at radius 1 is 1.24 bits per heavy atom. The number of cyclic esters (lactones) is 1. The van der Waals surface area contributed by atoms with Gasteiger partial charge < -0.3 is 24.4 Å². The fourth-order valence-electron chi connectivity index (χ4n) is 5.07. The first-order valence-corrected chi connectivity index (χ1v) is 10.1. The first-order chi connectivity index (χ1) is 13.6. The molecule has 4 heterocycles. The van der Waals surface area contributed by atoms with E-state index >= 15 is 0 Å². The van der Waals surface area contributed by atoms with Crippen molar-refractivity contribution < 1.29 is 29.0 Å². The molecule has 0 aromatic carbocycles. The Morgan fingerprint density at radius 3 is 2.62 bits per heavy atom. The van der Waals surface area contributed by atoms with Crippen molar-refractivity contribution in [3.05, 3.63) is 24.3 Å². The van der Waals surface area contributed by atoms with Gasteiger partial charge in [0.25, 0.3) is 0 Å². The zero-order valence-corrected chi connectivity index (χ0v) is 17.2. The van der Waals surface area contributed by atoms with Gasteiger partial charge in [0.15, 0.2) is 0 Å². The zero-order chi connectivity index (χ0) is 21.1. The van der Waals surface area contributed by atoms with E-state index in [1.807, 2.05) is 26.8 Å². The van der Waals surface area contributed by atoms with Gasteiger partial charge in [-0.1, -0.05) is 18.2 Å².